The highest BCUT2D eigenvalue weighted by molar-refractivity contribution is 5.90. The van der Waals surface area contributed by atoms with Crippen molar-refractivity contribution in [3.05, 3.63) is 23.8 Å². The van der Waals surface area contributed by atoms with Crippen LogP contribution in [0.25, 0.3) is 0 Å². The van der Waals surface area contributed by atoms with Gasteiger partial charge in [0.25, 0.3) is 5.91 Å². The van der Waals surface area contributed by atoms with Crippen LogP contribution in [0.3, 0.4) is 0 Å². The Morgan fingerprint density at radius 3 is 2.13 bits per heavy atom. The van der Waals surface area contributed by atoms with Gasteiger partial charge in [-0.3, -0.25) is 4.79 Å². The number of carbonyl (C=O) groups is 2. The Morgan fingerprint density at radius 1 is 1.04 bits per heavy atom. The van der Waals surface area contributed by atoms with Gasteiger partial charge in [-0.15, -0.1) is 0 Å². The van der Waals surface area contributed by atoms with Crippen LogP contribution in [0.15, 0.2) is 18.2 Å². The van der Waals surface area contributed by atoms with Gasteiger partial charge >= 0.3 is 5.97 Å². The van der Waals surface area contributed by atoms with Gasteiger partial charge in [-0.1, -0.05) is 0 Å². The minimum atomic E-state index is -0.461. The first kappa shape index (κ1) is 18.8. The van der Waals surface area contributed by atoms with Crippen molar-refractivity contribution >= 4 is 11.9 Å². The van der Waals surface area contributed by atoms with Crippen LogP contribution in [0.1, 0.15) is 38.1 Å². The van der Waals surface area contributed by atoms with E-state index in [4.69, 9.17) is 9.47 Å². The second kappa shape index (κ2) is 8.41. The van der Waals surface area contributed by atoms with E-state index >= 15 is 0 Å². The molecule has 0 heterocycles. The molecule has 6 heteroatoms. The molecule has 1 aromatic rings. The SMILES string of the molecule is COC(=O)c1ccc(OCC(=O)N(C(C)C)C(C)C)c(OC)c1. The van der Waals surface area contributed by atoms with E-state index in [2.05, 4.69) is 4.74 Å². The fraction of sp³-hybridized carbons (Fsp3) is 0.529. The fourth-order valence-electron chi connectivity index (χ4n) is 2.42. The van der Waals surface area contributed by atoms with E-state index in [9.17, 15) is 9.59 Å². The maximum absolute atomic E-state index is 12.3. The molecule has 0 radical (unpaired) electrons. The Bertz CT molecular complexity index is 546. The summed E-state index contributed by atoms with van der Waals surface area (Å²) in [4.78, 5) is 25.6. The van der Waals surface area contributed by atoms with Crippen molar-refractivity contribution in [1.82, 2.24) is 4.90 Å². The molecule has 0 atom stereocenters. The molecule has 128 valence electrons. The maximum Gasteiger partial charge on any atom is 0.337 e. The van der Waals surface area contributed by atoms with E-state index in [1.54, 1.807) is 17.0 Å². The summed E-state index contributed by atoms with van der Waals surface area (Å²) in [7, 11) is 2.78. The zero-order valence-electron chi connectivity index (χ0n) is 14.6. The molecule has 0 bridgehead atoms. The molecule has 0 fully saturated rings. The first-order valence-corrected chi connectivity index (χ1v) is 7.52. The highest BCUT2D eigenvalue weighted by Crippen LogP contribution is 2.28. The third kappa shape index (κ3) is 4.87. The third-order valence-electron chi connectivity index (χ3n) is 3.34. The Morgan fingerprint density at radius 2 is 1.65 bits per heavy atom. The molecule has 6 nitrogen and oxygen atoms in total. The van der Waals surface area contributed by atoms with Crippen molar-refractivity contribution in [2.75, 3.05) is 20.8 Å². The van der Waals surface area contributed by atoms with Crippen molar-refractivity contribution in [3.8, 4) is 11.5 Å². The van der Waals surface area contributed by atoms with Crippen LogP contribution in [0, 0.1) is 0 Å². The van der Waals surface area contributed by atoms with Crippen molar-refractivity contribution in [2.45, 2.75) is 39.8 Å². The number of ether oxygens (including phenoxy) is 3. The monoisotopic (exact) mass is 323 g/mol. The second-order valence-corrected chi connectivity index (χ2v) is 5.63. The van der Waals surface area contributed by atoms with Crippen LogP contribution in [0.2, 0.25) is 0 Å². The van der Waals surface area contributed by atoms with Gasteiger partial charge in [0.2, 0.25) is 0 Å². The van der Waals surface area contributed by atoms with E-state index in [0.29, 0.717) is 17.1 Å². The normalized spacial score (nSPS) is 10.6. The van der Waals surface area contributed by atoms with Crippen molar-refractivity contribution in [1.29, 1.82) is 0 Å². The Labute approximate surface area is 137 Å². The first-order chi connectivity index (χ1) is 10.8. The van der Waals surface area contributed by atoms with Crippen molar-refractivity contribution in [3.63, 3.8) is 0 Å². The smallest absolute Gasteiger partial charge is 0.337 e. The molecular weight excluding hydrogens is 298 g/mol. The van der Waals surface area contributed by atoms with Crippen LogP contribution >= 0.6 is 0 Å². The van der Waals surface area contributed by atoms with Gasteiger partial charge in [-0.2, -0.15) is 0 Å². The van der Waals surface area contributed by atoms with Crippen LogP contribution in [-0.2, 0) is 9.53 Å². The Kier molecular flexibility index (Phi) is 6.88. The quantitative estimate of drug-likeness (QED) is 0.721. The number of esters is 1. The van der Waals surface area contributed by atoms with Crippen LogP contribution in [0.5, 0.6) is 11.5 Å². The molecule has 0 unspecified atom stereocenters. The van der Waals surface area contributed by atoms with Crippen molar-refractivity contribution < 1.29 is 23.8 Å². The standard InChI is InChI=1S/C17H25NO5/c1-11(2)18(12(3)4)16(19)10-23-14-8-7-13(17(20)22-6)9-15(14)21-5/h7-9,11-12H,10H2,1-6H3. The number of nitrogens with zero attached hydrogens (tertiary/aromatic N) is 1. The highest BCUT2D eigenvalue weighted by Gasteiger charge is 2.21. The Hall–Kier alpha value is -2.24. The van der Waals surface area contributed by atoms with E-state index in [0.717, 1.165) is 0 Å². The molecule has 23 heavy (non-hydrogen) atoms. The molecule has 1 aromatic carbocycles. The average molecular weight is 323 g/mol. The Balaban J connectivity index is 2.85. The summed E-state index contributed by atoms with van der Waals surface area (Å²) >= 11 is 0. The summed E-state index contributed by atoms with van der Waals surface area (Å²) in [5, 5.41) is 0. The molecule has 0 spiro atoms. The number of methoxy groups -OCH3 is 2. The molecule has 0 aliphatic heterocycles. The zero-order valence-corrected chi connectivity index (χ0v) is 14.6. The van der Waals surface area contributed by atoms with Crippen LogP contribution < -0.4 is 9.47 Å². The maximum atomic E-state index is 12.3. The van der Waals surface area contributed by atoms with Gasteiger partial charge in [0.15, 0.2) is 18.1 Å². The molecule has 1 amide bonds. The van der Waals surface area contributed by atoms with Gasteiger partial charge in [-0.05, 0) is 45.9 Å². The van der Waals surface area contributed by atoms with E-state index in [1.165, 1.54) is 20.3 Å². The number of rotatable bonds is 7. The summed E-state index contributed by atoms with van der Waals surface area (Å²) in [6.45, 7) is 7.75. The van der Waals surface area contributed by atoms with Crippen LogP contribution in [-0.4, -0.2) is 49.7 Å². The van der Waals surface area contributed by atoms with Gasteiger partial charge in [0.1, 0.15) is 0 Å². The minimum Gasteiger partial charge on any atom is -0.493 e. The molecule has 0 N–H and O–H groups in total. The molecular formula is C17H25NO5. The largest absolute Gasteiger partial charge is 0.493 e. The van der Waals surface area contributed by atoms with Gasteiger partial charge in [-0.25, -0.2) is 4.79 Å². The van der Waals surface area contributed by atoms with Crippen LogP contribution in [0.4, 0.5) is 0 Å². The highest BCUT2D eigenvalue weighted by atomic mass is 16.5. The van der Waals surface area contributed by atoms with E-state index in [1.807, 2.05) is 27.7 Å². The zero-order chi connectivity index (χ0) is 17.6. The predicted molar refractivity (Wildman–Crippen MR) is 86.9 cm³/mol. The summed E-state index contributed by atoms with van der Waals surface area (Å²) < 4.78 is 15.4. The molecule has 0 aliphatic rings. The lowest BCUT2D eigenvalue weighted by molar-refractivity contribution is -0.137. The number of hydrogen-bond donors (Lipinski definition) is 0. The van der Waals surface area contributed by atoms with Crippen molar-refractivity contribution in [2.24, 2.45) is 0 Å². The molecule has 0 aliphatic carbocycles. The predicted octanol–water partition coefficient (Wildman–Crippen LogP) is 2.51. The van der Waals surface area contributed by atoms with E-state index in [-0.39, 0.29) is 24.6 Å². The molecule has 0 saturated carbocycles. The summed E-state index contributed by atoms with van der Waals surface area (Å²) in [5.41, 5.74) is 0.356. The topological polar surface area (TPSA) is 65.1 Å². The van der Waals surface area contributed by atoms with E-state index < -0.39 is 5.97 Å². The summed E-state index contributed by atoms with van der Waals surface area (Å²) in [5.74, 6) is 0.216. The van der Waals surface area contributed by atoms with Gasteiger partial charge in [0, 0.05) is 12.1 Å². The van der Waals surface area contributed by atoms with Gasteiger partial charge in [0.05, 0.1) is 19.8 Å². The number of amides is 1. The lowest BCUT2D eigenvalue weighted by Gasteiger charge is -2.30. The number of hydrogen-bond acceptors (Lipinski definition) is 5. The average Bonchev–Trinajstić information content (AvgIpc) is 2.51. The molecule has 1 rings (SSSR count). The molecule has 0 aromatic heterocycles. The summed E-state index contributed by atoms with van der Waals surface area (Å²) in [6, 6.07) is 4.86. The third-order valence-corrected chi connectivity index (χ3v) is 3.34. The fourth-order valence-corrected chi connectivity index (χ4v) is 2.42. The first-order valence-electron chi connectivity index (χ1n) is 7.52. The molecule has 0 saturated heterocycles. The summed E-state index contributed by atoms with van der Waals surface area (Å²) in [6.07, 6.45) is 0. The lowest BCUT2D eigenvalue weighted by atomic mass is 10.2. The van der Waals surface area contributed by atoms with Gasteiger partial charge < -0.3 is 19.1 Å². The number of carbonyl (C=O) groups excluding carboxylic acids is 2. The lowest BCUT2D eigenvalue weighted by Crippen LogP contribution is -2.44. The minimum absolute atomic E-state index is 0.0923. The second-order valence-electron chi connectivity index (χ2n) is 5.63. The number of benzene rings is 1.